The fraction of sp³-hybridized carbons (Fsp3) is 0.357. The summed E-state index contributed by atoms with van der Waals surface area (Å²) in [6.07, 6.45) is 0.0343. The summed E-state index contributed by atoms with van der Waals surface area (Å²) in [4.78, 5) is 21.5. The Balaban J connectivity index is 3.16. The molecule has 1 rings (SSSR count). The molecule has 2 amide bonds. The van der Waals surface area contributed by atoms with E-state index in [9.17, 15) is 9.59 Å². The number of rotatable bonds is 5. The van der Waals surface area contributed by atoms with E-state index in [0.717, 1.165) is 16.7 Å². The number of nitrogens with one attached hydrogen (secondary N) is 1. The van der Waals surface area contributed by atoms with E-state index >= 15 is 0 Å². The van der Waals surface area contributed by atoms with E-state index in [2.05, 4.69) is 10.5 Å². The van der Waals surface area contributed by atoms with Crippen molar-refractivity contribution in [3.8, 4) is 0 Å². The second-order valence-corrected chi connectivity index (χ2v) is 4.76. The molecule has 0 radical (unpaired) electrons. The Bertz CT molecular complexity index is 553. The fourth-order valence-corrected chi connectivity index (χ4v) is 1.98. The van der Waals surface area contributed by atoms with Crippen LogP contribution in [0.3, 0.4) is 0 Å². The third kappa shape index (κ3) is 4.38. The number of primary amides is 1. The molecule has 0 bridgehead atoms. The van der Waals surface area contributed by atoms with Gasteiger partial charge in [-0.1, -0.05) is 24.6 Å². The lowest BCUT2D eigenvalue weighted by Gasteiger charge is -2.15. The Morgan fingerprint density at radius 3 is 2.65 bits per heavy atom. The van der Waals surface area contributed by atoms with Gasteiger partial charge >= 0.3 is 12.0 Å². The summed E-state index contributed by atoms with van der Waals surface area (Å²) in [5, 5.41) is 12.8. The van der Waals surface area contributed by atoms with E-state index < -0.39 is 12.0 Å². The molecule has 0 saturated carbocycles. The molecule has 0 heterocycles. The Labute approximate surface area is 117 Å². The van der Waals surface area contributed by atoms with Gasteiger partial charge in [0.15, 0.2) is 0 Å². The fourth-order valence-electron chi connectivity index (χ4n) is 1.98. The van der Waals surface area contributed by atoms with Gasteiger partial charge in [-0.05, 0) is 31.4 Å². The predicted octanol–water partition coefficient (Wildman–Crippen LogP) is 1.97. The first-order valence-corrected chi connectivity index (χ1v) is 6.23. The number of carboxylic acid groups (broad SMARTS) is 1. The van der Waals surface area contributed by atoms with Crippen LogP contribution < -0.4 is 11.2 Å². The summed E-state index contributed by atoms with van der Waals surface area (Å²) in [5.41, 5.74) is 10.5. The van der Waals surface area contributed by atoms with Crippen molar-refractivity contribution in [3.05, 3.63) is 34.9 Å². The third-order valence-electron chi connectivity index (χ3n) is 2.94. The number of carboxylic acids is 1. The summed E-state index contributed by atoms with van der Waals surface area (Å²) in [7, 11) is 0. The maximum Gasteiger partial charge on any atom is 0.332 e. The topological polar surface area (TPSA) is 105 Å². The molecule has 0 aliphatic heterocycles. The van der Waals surface area contributed by atoms with Gasteiger partial charge in [0, 0.05) is 5.56 Å². The number of benzene rings is 1. The minimum absolute atomic E-state index is 0.0343. The van der Waals surface area contributed by atoms with Crippen LogP contribution in [0.5, 0.6) is 0 Å². The Morgan fingerprint density at radius 2 is 2.10 bits per heavy atom. The first-order valence-electron chi connectivity index (χ1n) is 6.23. The van der Waals surface area contributed by atoms with E-state index in [1.807, 2.05) is 32.0 Å². The van der Waals surface area contributed by atoms with E-state index in [4.69, 9.17) is 10.8 Å². The van der Waals surface area contributed by atoms with Gasteiger partial charge in [0.25, 0.3) is 0 Å². The minimum atomic E-state index is -0.853. The highest BCUT2D eigenvalue weighted by molar-refractivity contribution is 6.00. The van der Waals surface area contributed by atoms with Gasteiger partial charge in [-0.3, -0.25) is 4.79 Å². The quantitative estimate of drug-likeness (QED) is 0.566. The molecule has 1 atom stereocenters. The van der Waals surface area contributed by atoms with Gasteiger partial charge < -0.3 is 10.8 Å². The van der Waals surface area contributed by atoms with Crippen LogP contribution in [0.1, 0.15) is 42.9 Å². The second-order valence-electron chi connectivity index (χ2n) is 4.76. The van der Waals surface area contributed by atoms with Crippen LogP contribution in [0.15, 0.2) is 23.3 Å². The van der Waals surface area contributed by atoms with Crippen LogP contribution in [0.4, 0.5) is 4.79 Å². The molecular formula is C14H19N3O3. The van der Waals surface area contributed by atoms with Gasteiger partial charge in [0.1, 0.15) is 0 Å². The van der Waals surface area contributed by atoms with Crippen molar-refractivity contribution in [2.75, 3.05) is 0 Å². The number of aliphatic carboxylic acids is 1. The van der Waals surface area contributed by atoms with Crippen LogP contribution in [0, 0.1) is 6.92 Å². The van der Waals surface area contributed by atoms with E-state index in [1.165, 1.54) is 0 Å². The Hall–Kier alpha value is -2.37. The third-order valence-corrected chi connectivity index (χ3v) is 2.94. The van der Waals surface area contributed by atoms with Crippen LogP contribution in [0.2, 0.25) is 0 Å². The van der Waals surface area contributed by atoms with Crippen molar-refractivity contribution in [3.63, 3.8) is 0 Å². The highest BCUT2D eigenvalue weighted by atomic mass is 16.4. The van der Waals surface area contributed by atoms with Crippen molar-refractivity contribution >= 4 is 17.7 Å². The molecule has 4 N–H and O–H groups in total. The number of carbonyl (C=O) groups is 2. The highest BCUT2D eigenvalue weighted by Gasteiger charge is 2.15. The summed E-state index contributed by atoms with van der Waals surface area (Å²) in [6.45, 7) is 5.52. The molecule has 1 aromatic carbocycles. The maximum atomic E-state index is 10.8. The Morgan fingerprint density at radius 1 is 1.45 bits per heavy atom. The number of hydrazone groups is 1. The molecule has 0 spiro atoms. The molecule has 6 heteroatoms. The van der Waals surface area contributed by atoms with Crippen LogP contribution in [-0.2, 0) is 4.79 Å². The number of nitrogens with two attached hydrogens (primary N) is 1. The van der Waals surface area contributed by atoms with Crippen LogP contribution in [0.25, 0.3) is 0 Å². The molecule has 20 heavy (non-hydrogen) atoms. The largest absolute Gasteiger partial charge is 0.481 e. The number of hydrogen-bond donors (Lipinski definition) is 3. The molecule has 0 aliphatic rings. The van der Waals surface area contributed by atoms with Crippen molar-refractivity contribution < 1.29 is 14.7 Å². The second kappa shape index (κ2) is 6.70. The van der Waals surface area contributed by atoms with E-state index in [1.54, 1.807) is 6.92 Å². The lowest BCUT2D eigenvalue weighted by atomic mass is 9.90. The van der Waals surface area contributed by atoms with E-state index in [-0.39, 0.29) is 12.3 Å². The van der Waals surface area contributed by atoms with Gasteiger partial charge in [0.2, 0.25) is 0 Å². The molecule has 108 valence electrons. The summed E-state index contributed by atoms with van der Waals surface area (Å²) >= 11 is 0. The molecule has 6 nitrogen and oxygen atoms in total. The molecular weight excluding hydrogens is 258 g/mol. The van der Waals surface area contributed by atoms with Crippen LogP contribution >= 0.6 is 0 Å². The normalized spacial score (nSPS) is 12.8. The number of amides is 2. The van der Waals surface area contributed by atoms with Crippen molar-refractivity contribution in [1.29, 1.82) is 0 Å². The average Bonchev–Trinajstić information content (AvgIpc) is 2.34. The summed E-state index contributed by atoms with van der Waals surface area (Å²) in [5.74, 6) is -1.00. The van der Waals surface area contributed by atoms with E-state index in [0.29, 0.717) is 5.71 Å². The van der Waals surface area contributed by atoms with Crippen molar-refractivity contribution in [2.45, 2.75) is 33.1 Å². The van der Waals surface area contributed by atoms with Gasteiger partial charge in [-0.25, -0.2) is 10.2 Å². The number of hydrogen-bond acceptors (Lipinski definition) is 3. The van der Waals surface area contributed by atoms with Gasteiger partial charge in [-0.2, -0.15) is 5.10 Å². The smallest absolute Gasteiger partial charge is 0.332 e. The maximum absolute atomic E-state index is 10.8. The highest BCUT2D eigenvalue weighted by Crippen LogP contribution is 2.24. The van der Waals surface area contributed by atoms with Crippen molar-refractivity contribution in [2.24, 2.45) is 10.8 Å². The molecule has 0 fully saturated rings. The number of nitrogens with zero attached hydrogens (tertiary/aromatic N) is 1. The lowest BCUT2D eigenvalue weighted by molar-refractivity contribution is -0.137. The number of carbonyl (C=O) groups excluding carboxylic acids is 1. The van der Waals surface area contributed by atoms with Gasteiger partial charge in [-0.15, -0.1) is 0 Å². The molecule has 0 aromatic heterocycles. The minimum Gasteiger partial charge on any atom is -0.481 e. The zero-order valence-electron chi connectivity index (χ0n) is 11.8. The zero-order chi connectivity index (χ0) is 15.3. The molecule has 1 aromatic rings. The standard InChI is InChI=1S/C14H19N3O3/c1-8-4-5-11(9(2)7-13(18)19)12(6-8)10(3)16-17-14(15)20/h4-6,9H,7H2,1-3H3,(H,18,19)(H3,15,17,20)/b16-10-/t9-/m0/s1. The Kier molecular flexibility index (Phi) is 5.25. The number of urea groups is 1. The lowest BCUT2D eigenvalue weighted by Crippen LogP contribution is -2.25. The molecule has 0 aliphatic carbocycles. The summed E-state index contributed by atoms with van der Waals surface area (Å²) < 4.78 is 0. The number of aryl methyl sites for hydroxylation is 1. The predicted molar refractivity (Wildman–Crippen MR) is 76.8 cm³/mol. The van der Waals surface area contributed by atoms with Gasteiger partial charge in [0.05, 0.1) is 12.1 Å². The zero-order valence-corrected chi connectivity index (χ0v) is 11.8. The molecule has 0 saturated heterocycles. The summed E-state index contributed by atoms with van der Waals surface area (Å²) in [6, 6.07) is 4.99. The molecule has 0 unspecified atom stereocenters. The van der Waals surface area contributed by atoms with Crippen molar-refractivity contribution in [1.82, 2.24) is 5.43 Å². The average molecular weight is 277 g/mol. The first-order chi connectivity index (χ1) is 9.31. The first kappa shape index (κ1) is 15.7. The van der Waals surface area contributed by atoms with Crippen LogP contribution in [-0.4, -0.2) is 22.8 Å². The SMILES string of the molecule is C/C(=N/NC(N)=O)c1cc(C)ccc1[C@@H](C)CC(=O)O. The monoisotopic (exact) mass is 277 g/mol.